The van der Waals surface area contributed by atoms with E-state index in [0.29, 0.717) is 0 Å². The van der Waals surface area contributed by atoms with Gasteiger partial charge in [0.05, 0.1) is 10.6 Å². The molecule has 2 aromatic carbocycles. The zero-order valence-corrected chi connectivity index (χ0v) is 12.7. The summed E-state index contributed by atoms with van der Waals surface area (Å²) >= 11 is 0. The Kier molecular flexibility index (Phi) is 4.88. The first-order valence-electron chi connectivity index (χ1n) is 6.46. The molecule has 2 aromatic rings. The second kappa shape index (κ2) is 6.85. The van der Waals surface area contributed by atoms with Gasteiger partial charge in [0.1, 0.15) is 17.3 Å². The molecule has 0 bridgehead atoms. The van der Waals surface area contributed by atoms with Crippen LogP contribution in [0.2, 0.25) is 0 Å². The van der Waals surface area contributed by atoms with E-state index in [-0.39, 0.29) is 27.8 Å². The van der Waals surface area contributed by atoms with Crippen molar-refractivity contribution in [2.75, 3.05) is 11.9 Å². The largest absolute Gasteiger partial charge is 0.480 e. The molecule has 7 heteroatoms. The number of terminal acetylenes is 1. The van der Waals surface area contributed by atoms with Crippen LogP contribution in [-0.4, -0.2) is 26.2 Å². The summed E-state index contributed by atoms with van der Waals surface area (Å²) in [6, 6.07) is 11.7. The number of nitrogens with one attached hydrogen (secondary N) is 1. The minimum absolute atomic E-state index is 0.0354. The van der Waals surface area contributed by atoms with Gasteiger partial charge in [-0.2, -0.15) is 0 Å². The van der Waals surface area contributed by atoms with Crippen LogP contribution in [0.3, 0.4) is 0 Å². The van der Waals surface area contributed by atoms with Crippen molar-refractivity contribution in [3.05, 3.63) is 48.5 Å². The van der Waals surface area contributed by atoms with E-state index in [2.05, 4.69) is 11.2 Å². The highest BCUT2D eigenvalue weighted by atomic mass is 32.2. The number of anilines is 1. The van der Waals surface area contributed by atoms with E-state index in [4.69, 9.17) is 16.3 Å². The highest BCUT2D eigenvalue weighted by Gasteiger charge is 2.25. The number of rotatable bonds is 5. The van der Waals surface area contributed by atoms with Crippen molar-refractivity contribution in [1.82, 2.24) is 0 Å². The lowest BCUT2D eigenvalue weighted by Crippen LogP contribution is -2.13. The van der Waals surface area contributed by atoms with Crippen LogP contribution in [0.15, 0.2) is 58.3 Å². The molecule has 23 heavy (non-hydrogen) atoms. The predicted octanol–water partition coefficient (Wildman–Crippen LogP) is 2.62. The minimum Gasteiger partial charge on any atom is -0.480 e. The lowest BCUT2D eigenvalue weighted by molar-refractivity contribution is 0.209. The smallest absolute Gasteiger partial charge is 0.409 e. The van der Waals surface area contributed by atoms with E-state index in [9.17, 15) is 13.2 Å². The molecule has 0 aromatic heterocycles. The maximum atomic E-state index is 12.9. The van der Waals surface area contributed by atoms with Crippen LogP contribution in [0.5, 0.6) is 5.75 Å². The van der Waals surface area contributed by atoms with Crippen molar-refractivity contribution >= 4 is 21.6 Å². The van der Waals surface area contributed by atoms with Gasteiger partial charge >= 0.3 is 6.09 Å². The Hall–Kier alpha value is -2.98. The zero-order valence-electron chi connectivity index (χ0n) is 11.9. The molecule has 2 N–H and O–H groups in total. The molecule has 0 fully saturated rings. The molecule has 0 saturated carbocycles. The Morgan fingerprint density at radius 2 is 1.74 bits per heavy atom. The SMILES string of the molecule is C#CCOc1ccccc1S(=O)(=O)c1ccccc1NC(=O)O. The number of sulfone groups is 1. The van der Waals surface area contributed by atoms with Crippen LogP contribution in [-0.2, 0) is 9.84 Å². The van der Waals surface area contributed by atoms with E-state index >= 15 is 0 Å². The first-order chi connectivity index (χ1) is 11.0. The van der Waals surface area contributed by atoms with Gasteiger partial charge in [-0.1, -0.05) is 30.2 Å². The third-order valence-electron chi connectivity index (χ3n) is 2.87. The van der Waals surface area contributed by atoms with Gasteiger partial charge in [-0.15, -0.1) is 6.42 Å². The standard InChI is InChI=1S/C16H13NO5S/c1-2-11-22-13-8-4-6-10-15(13)23(20,21)14-9-5-3-7-12(14)17-16(18)19/h1,3-10,17H,11H2,(H,18,19). The number of carboxylic acid groups (broad SMARTS) is 1. The molecule has 0 heterocycles. The van der Waals surface area contributed by atoms with Crippen molar-refractivity contribution in [2.24, 2.45) is 0 Å². The van der Waals surface area contributed by atoms with E-state index in [1.54, 1.807) is 12.1 Å². The average Bonchev–Trinajstić information content (AvgIpc) is 2.53. The summed E-state index contributed by atoms with van der Waals surface area (Å²) in [6.07, 6.45) is 3.77. The number of carbonyl (C=O) groups is 1. The molecule has 0 atom stereocenters. The van der Waals surface area contributed by atoms with Crippen molar-refractivity contribution < 1.29 is 23.1 Å². The number of hydrogen-bond donors (Lipinski definition) is 2. The van der Waals surface area contributed by atoms with Gasteiger partial charge in [-0.05, 0) is 24.3 Å². The van der Waals surface area contributed by atoms with Gasteiger partial charge in [0.25, 0.3) is 0 Å². The van der Waals surface area contributed by atoms with Crippen LogP contribution < -0.4 is 10.1 Å². The molecule has 0 spiro atoms. The molecule has 6 nitrogen and oxygen atoms in total. The molecule has 0 radical (unpaired) electrons. The summed E-state index contributed by atoms with van der Waals surface area (Å²) in [4.78, 5) is 10.6. The first kappa shape index (κ1) is 16.4. The quantitative estimate of drug-likeness (QED) is 0.822. The van der Waals surface area contributed by atoms with Gasteiger partial charge < -0.3 is 9.84 Å². The molecular formula is C16H13NO5S. The van der Waals surface area contributed by atoms with Gasteiger partial charge in [0.2, 0.25) is 9.84 Å². The average molecular weight is 331 g/mol. The molecule has 0 saturated heterocycles. The van der Waals surface area contributed by atoms with E-state index in [0.717, 1.165) is 0 Å². The number of para-hydroxylation sites is 2. The molecule has 1 amide bonds. The Bertz CT molecular complexity index is 868. The van der Waals surface area contributed by atoms with Crippen molar-refractivity contribution in [1.29, 1.82) is 0 Å². The number of amides is 1. The third kappa shape index (κ3) is 3.62. The van der Waals surface area contributed by atoms with E-state index < -0.39 is 15.9 Å². The van der Waals surface area contributed by atoms with Crippen molar-refractivity contribution in [2.45, 2.75) is 9.79 Å². The van der Waals surface area contributed by atoms with Crippen molar-refractivity contribution in [3.8, 4) is 18.1 Å². The predicted molar refractivity (Wildman–Crippen MR) is 84.3 cm³/mol. The molecule has 0 aliphatic carbocycles. The van der Waals surface area contributed by atoms with Crippen LogP contribution >= 0.6 is 0 Å². The molecule has 2 rings (SSSR count). The van der Waals surface area contributed by atoms with Crippen LogP contribution in [0, 0.1) is 12.3 Å². The summed E-state index contributed by atoms with van der Waals surface area (Å²) in [5.41, 5.74) is -0.0354. The second-order valence-corrected chi connectivity index (χ2v) is 6.26. The molecular weight excluding hydrogens is 318 g/mol. The normalized spacial score (nSPS) is 10.6. The van der Waals surface area contributed by atoms with Gasteiger partial charge in [0.15, 0.2) is 0 Å². The van der Waals surface area contributed by atoms with Crippen LogP contribution in [0.1, 0.15) is 0 Å². The third-order valence-corrected chi connectivity index (χ3v) is 4.72. The maximum absolute atomic E-state index is 12.9. The Morgan fingerprint density at radius 3 is 2.39 bits per heavy atom. The van der Waals surface area contributed by atoms with Gasteiger partial charge in [-0.3, -0.25) is 5.32 Å². The number of benzene rings is 2. The Balaban J connectivity index is 2.56. The van der Waals surface area contributed by atoms with Gasteiger partial charge in [0, 0.05) is 0 Å². The first-order valence-corrected chi connectivity index (χ1v) is 7.94. The summed E-state index contributed by atoms with van der Waals surface area (Å²) in [5, 5.41) is 10.9. The van der Waals surface area contributed by atoms with Gasteiger partial charge in [-0.25, -0.2) is 13.2 Å². The van der Waals surface area contributed by atoms with Crippen molar-refractivity contribution in [3.63, 3.8) is 0 Å². The monoisotopic (exact) mass is 331 g/mol. The Labute approximate surface area is 133 Å². The molecule has 0 aliphatic heterocycles. The van der Waals surface area contributed by atoms with E-state index in [1.807, 2.05) is 0 Å². The fourth-order valence-corrected chi connectivity index (χ4v) is 3.50. The van der Waals surface area contributed by atoms with E-state index in [1.165, 1.54) is 36.4 Å². The molecule has 0 unspecified atom stereocenters. The van der Waals surface area contributed by atoms with Crippen LogP contribution in [0.4, 0.5) is 10.5 Å². The number of ether oxygens (including phenoxy) is 1. The molecule has 0 aliphatic rings. The summed E-state index contributed by atoms with van der Waals surface area (Å²) in [7, 11) is -4.00. The molecule has 118 valence electrons. The number of hydrogen-bond acceptors (Lipinski definition) is 4. The van der Waals surface area contributed by atoms with Crippen LogP contribution in [0.25, 0.3) is 0 Å². The lowest BCUT2D eigenvalue weighted by atomic mass is 10.3. The minimum atomic E-state index is -4.00. The second-order valence-electron chi connectivity index (χ2n) is 4.37. The fraction of sp³-hybridized carbons (Fsp3) is 0.0625. The summed E-state index contributed by atoms with van der Waals surface area (Å²) < 4.78 is 31.0. The Morgan fingerprint density at radius 1 is 1.13 bits per heavy atom. The fourth-order valence-electron chi connectivity index (χ4n) is 1.95. The summed E-state index contributed by atoms with van der Waals surface area (Å²) in [6.45, 7) is -0.0818. The highest BCUT2D eigenvalue weighted by Crippen LogP contribution is 2.32. The topological polar surface area (TPSA) is 92.7 Å². The highest BCUT2D eigenvalue weighted by molar-refractivity contribution is 7.91. The lowest BCUT2D eigenvalue weighted by Gasteiger charge is -2.13. The summed E-state index contributed by atoms with van der Waals surface area (Å²) in [5.74, 6) is 2.37. The zero-order chi connectivity index (χ0) is 16.9. The maximum Gasteiger partial charge on any atom is 0.409 e.